The quantitative estimate of drug-likeness (QED) is 0.855. The summed E-state index contributed by atoms with van der Waals surface area (Å²) in [4.78, 5) is 23.2. The van der Waals surface area contributed by atoms with E-state index in [-0.39, 0.29) is 11.9 Å². The molecule has 2 N–H and O–H groups in total. The molecule has 2 atom stereocenters. The zero-order valence-electron chi connectivity index (χ0n) is 11.0. The standard InChI is InChI=1S/C14H19NO4/c1-2-4-12-10(7-8-19-12)13(16)15-11-6-3-5-9(11)14(17)18/h7-9,11H,2-6H2,1H3,(H,15,16)(H,17,18)/t9-,11+/m0/s1. The summed E-state index contributed by atoms with van der Waals surface area (Å²) in [7, 11) is 0. The Balaban J connectivity index is 2.04. The number of aryl methyl sites for hydroxylation is 1. The van der Waals surface area contributed by atoms with Gasteiger partial charge in [0.1, 0.15) is 5.76 Å². The van der Waals surface area contributed by atoms with Crippen molar-refractivity contribution in [3.63, 3.8) is 0 Å². The van der Waals surface area contributed by atoms with Crippen LogP contribution < -0.4 is 5.32 Å². The van der Waals surface area contributed by atoms with Crippen molar-refractivity contribution in [3.05, 3.63) is 23.7 Å². The number of carboxylic acid groups (broad SMARTS) is 1. The van der Waals surface area contributed by atoms with Crippen LogP contribution in [0.15, 0.2) is 16.7 Å². The zero-order valence-corrected chi connectivity index (χ0v) is 11.0. The van der Waals surface area contributed by atoms with Crippen LogP contribution in [0.25, 0.3) is 0 Å². The summed E-state index contributed by atoms with van der Waals surface area (Å²) in [5.41, 5.74) is 0.526. The molecule has 1 heterocycles. The highest BCUT2D eigenvalue weighted by atomic mass is 16.4. The van der Waals surface area contributed by atoms with Gasteiger partial charge in [0.05, 0.1) is 17.7 Å². The van der Waals surface area contributed by atoms with Crippen molar-refractivity contribution in [1.82, 2.24) is 5.32 Å². The maximum atomic E-state index is 12.2. The maximum Gasteiger partial charge on any atom is 0.308 e. The van der Waals surface area contributed by atoms with Gasteiger partial charge in [-0.25, -0.2) is 0 Å². The molecule has 1 fully saturated rings. The van der Waals surface area contributed by atoms with Crippen molar-refractivity contribution in [2.24, 2.45) is 5.92 Å². The van der Waals surface area contributed by atoms with Gasteiger partial charge in [-0.3, -0.25) is 9.59 Å². The van der Waals surface area contributed by atoms with Crippen molar-refractivity contribution in [3.8, 4) is 0 Å². The molecule has 1 aromatic rings. The minimum Gasteiger partial charge on any atom is -0.481 e. The Labute approximate surface area is 112 Å². The predicted molar refractivity (Wildman–Crippen MR) is 68.9 cm³/mol. The van der Waals surface area contributed by atoms with E-state index in [4.69, 9.17) is 9.52 Å². The molecule has 1 aliphatic carbocycles. The fourth-order valence-electron chi connectivity index (χ4n) is 2.64. The number of carboxylic acids is 1. The lowest BCUT2D eigenvalue weighted by Crippen LogP contribution is -2.40. The maximum absolute atomic E-state index is 12.2. The molecule has 1 aliphatic rings. The second-order valence-corrected chi connectivity index (χ2v) is 4.96. The Morgan fingerprint density at radius 1 is 1.47 bits per heavy atom. The number of furan rings is 1. The Morgan fingerprint density at radius 2 is 2.26 bits per heavy atom. The van der Waals surface area contributed by atoms with Gasteiger partial charge in [-0.2, -0.15) is 0 Å². The number of carbonyl (C=O) groups excluding carboxylic acids is 1. The molecule has 0 saturated heterocycles. The molecule has 5 heteroatoms. The monoisotopic (exact) mass is 265 g/mol. The third kappa shape index (κ3) is 2.97. The lowest BCUT2D eigenvalue weighted by molar-refractivity contribution is -0.142. The molecule has 5 nitrogen and oxygen atoms in total. The molecule has 0 spiro atoms. The number of aliphatic carboxylic acids is 1. The van der Waals surface area contributed by atoms with Gasteiger partial charge in [0.15, 0.2) is 0 Å². The number of nitrogens with one attached hydrogen (secondary N) is 1. The van der Waals surface area contributed by atoms with Gasteiger partial charge in [-0.1, -0.05) is 13.3 Å². The Hall–Kier alpha value is -1.78. The third-order valence-corrected chi connectivity index (χ3v) is 3.62. The Kier molecular flexibility index (Phi) is 4.24. The van der Waals surface area contributed by atoms with E-state index in [1.807, 2.05) is 6.92 Å². The SMILES string of the molecule is CCCc1occc1C(=O)N[C@@H]1CCC[C@@H]1C(=O)O. The van der Waals surface area contributed by atoms with Gasteiger partial charge >= 0.3 is 5.97 Å². The molecule has 0 aliphatic heterocycles. The average molecular weight is 265 g/mol. The van der Waals surface area contributed by atoms with Crippen LogP contribution in [0.1, 0.15) is 48.7 Å². The van der Waals surface area contributed by atoms with Crippen LogP contribution in [0.4, 0.5) is 0 Å². The van der Waals surface area contributed by atoms with Crippen LogP contribution >= 0.6 is 0 Å². The van der Waals surface area contributed by atoms with E-state index < -0.39 is 11.9 Å². The molecular weight excluding hydrogens is 246 g/mol. The minimum absolute atomic E-state index is 0.227. The summed E-state index contributed by atoms with van der Waals surface area (Å²) < 4.78 is 5.29. The first kappa shape index (κ1) is 13.6. The van der Waals surface area contributed by atoms with E-state index in [0.29, 0.717) is 24.2 Å². The highest BCUT2D eigenvalue weighted by Gasteiger charge is 2.34. The van der Waals surface area contributed by atoms with Crippen LogP contribution in [-0.4, -0.2) is 23.0 Å². The van der Waals surface area contributed by atoms with Crippen molar-refractivity contribution in [2.75, 3.05) is 0 Å². The highest BCUT2D eigenvalue weighted by molar-refractivity contribution is 5.95. The topological polar surface area (TPSA) is 79.5 Å². The van der Waals surface area contributed by atoms with E-state index in [9.17, 15) is 9.59 Å². The summed E-state index contributed by atoms with van der Waals surface area (Å²) >= 11 is 0. The fourth-order valence-corrected chi connectivity index (χ4v) is 2.64. The first-order valence-electron chi connectivity index (χ1n) is 6.73. The van der Waals surface area contributed by atoms with Crippen molar-refractivity contribution < 1.29 is 19.1 Å². The summed E-state index contributed by atoms with van der Waals surface area (Å²) in [5.74, 6) is -0.852. The molecular formula is C14H19NO4. The number of hydrogen-bond acceptors (Lipinski definition) is 3. The number of amides is 1. The van der Waals surface area contributed by atoms with E-state index in [1.165, 1.54) is 6.26 Å². The molecule has 0 bridgehead atoms. The molecule has 104 valence electrons. The predicted octanol–water partition coefficient (Wildman–Crippen LogP) is 2.22. The van der Waals surface area contributed by atoms with Gasteiger partial charge in [0.2, 0.25) is 0 Å². The second kappa shape index (κ2) is 5.91. The van der Waals surface area contributed by atoms with E-state index in [1.54, 1.807) is 6.07 Å². The van der Waals surface area contributed by atoms with Crippen molar-refractivity contribution in [1.29, 1.82) is 0 Å². The Bertz CT molecular complexity index is 466. The molecule has 2 rings (SSSR count). The van der Waals surface area contributed by atoms with Gasteiger partial charge < -0.3 is 14.8 Å². The lowest BCUT2D eigenvalue weighted by atomic mass is 10.0. The second-order valence-electron chi connectivity index (χ2n) is 4.96. The van der Waals surface area contributed by atoms with Gasteiger partial charge in [0, 0.05) is 12.5 Å². The zero-order chi connectivity index (χ0) is 13.8. The van der Waals surface area contributed by atoms with Crippen LogP contribution in [0.3, 0.4) is 0 Å². The van der Waals surface area contributed by atoms with E-state index in [0.717, 1.165) is 19.3 Å². The van der Waals surface area contributed by atoms with Crippen molar-refractivity contribution in [2.45, 2.75) is 45.1 Å². The lowest BCUT2D eigenvalue weighted by Gasteiger charge is -2.17. The number of hydrogen-bond donors (Lipinski definition) is 2. The molecule has 1 saturated carbocycles. The van der Waals surface area contributed by atoms with Crippen LogP contribution in [-0.2, 0) is 11.2 Å². The summed E-state index contributed by atoms with van der Waals surface area (Å²) in [6.45, 7) is 2.02. The highest BCUT2D eigenvalue weighted by Crippen LogP contribution is 2.26. The summed E-state index contributed by atoms with van der Waals surface area (Å²) in [5, 5.41) is 11.9. The van der Waals surface area contributed by atoms with Crippen LogP contribution in [0.2, 0.25) is 0 Å². The molecule has 1 aromatic heterocycles. The largest absolute Gasteiger partial charge is 0.481 e. The Morgan fingerprint density at radius 3 is 2.95 bits per heavy atom. The van der Waals surface area contributed by atoms with E-state index in [2.05, 4.69) is 5.32 Å². The molecule has 0 aromatic carbocycles. The first-order chi connectivity index (χ1) is 9.13. The number of rotatable bonds is 5. The first-order valence-corrected chi connectivity index (χ1v) is 6.73. The fraction of sp³-hybridized carbons (Fsp3) is 0.571. The van der Waals surface area contributed by atoms with Crippen LogP contribution in [0.5, 0.6) is 0 Å². The van der Waals surface area contributed by atoms with Gasteiger partial charge in [-0.05, 0) is 25.3 Å². The molecule has 0 unspecified atom stereocenters. The van der Waals surface area contributed by atoms with E-state index >= 15 is 0 Å². The van der Waals surface area contributed by atoms with Crippen LogP contribution in [0, 0.1) is 5.92 Å². The van der Waals surface area contributed by atoms with Gasteiger partial charge in [0.25, 0.3) is 5.91 Å². The third-order valence-electron chi connectivity index (χ3n) is 3.62. The minimum atomic E-state index is -0.830. The molecule has 19 heavy (non-hydrogen) atoms. The average Bonchev–Trinajstić information content (AvgIpc) is 2.98. The summed E-state index contributed by atoms with van der Waals surface area (Å²) in [6, 6.07) is 1.37. The normalized spacial score (nSPS) is 22.4. The summed E-state index contributed by atoms with van der Waals surface area (Å²) in [6.07, 6.45) is 5.31. The number of carbonyl (C=O) groups is 2. The van der Waals surface area contributed by atoms with Crippen molar-refractivity contribution >= 4 is 11.9 Å². The molecule has 0 radical (unpaired) electrons. The van der Waals surface area contributed by atoms with Gasteiger partial charge in [-0.15, -0.1) is 0 Å². The molecule has 1 amide bonds. The smallest absolute Gasteiger partial charge is 0.308 e.